The van der Waals surface area contributed by atoms with Gasteiger partial charge in [0.25, 0.3) is 5.91 Å². The number of rotatable bonds is 4. The fourth-order valence-electron chi connectivity index (χ4n) is 2.02. The molecule has 0 aliphatic carbocycles. The van der Waals surface area contributed by atoms with E-state index in [0.29, 0.717) is 12.4 Å². The van der Waals surface area contributed by atoms with Crippen LogP contribution in [0, 0.1) is 0 Å². The summed E-state index contributed by atoms with van der Waals surface area (Å²) in [5.74, 6) is 0.244. The summed E-state index contributed by atoms with van der Waals surface area (Å²) in [7, 11) is 0. The fourth-order valence-corrected chi connectivity index (χ4v) is 2.02. The number of carbonyl (C=O) groups is 1. The van der Waals surface area contributed by atoms with Crippen molar-refractivity contribution in [3.05, 3.63) is 66.2 Å². The van der Waals surface area contributed by atoms with Gasteiger partial charge in [0.1, 0.15) is 5.82 Å². The van der Waals surface area contributed by atoms with Crippen LogP contribution in [0.25, 0.3) is 0 Å². The van der Waals surface area contributed by atoms with E-state index in [4.69, 9.17) is 5.73 Å². The number of nitrogens with two attached hydrogens (primary N) is 1. The van der Waals surface area contributed by atoms with Crippen molar-refractivity contribution < 1.29 is 4.79 Å². The lowest BCUT2D eigenvalue weighted by atomic mass is 10.2. The number of benzene rings is 1. The first kappa shape index (κ1) is 13.7. The number of carbonyl (C=O) groups excluding carboxylic acids is 1. The first-order chi connectivity index (χ1) is 10.7. The highest BCUT2D eigenvalue weighted by atomic mass is 16.2. The smallest absolute Gasteiger partial charge is 0.279 e. The summed E-state index contributed by atoms with van der Waals surface area (Å²) in [5, 5.41) is 6.96. The molecule has 0 bridgehead atoms. The lowest BCUT2D eigenvalue weighted by Crippen LogP contribution is -2.19. The topological polar surface area (TPSA) is 98.7 Å². The number of nitrogens with one attached hydrogen (secondary N) is 1. The number of anilines is 2. The van der Waals surface area contributed by atoms with Gasteiger partial charge in [0, 0.05) is 18.5 Å². The molecule has 3 rings (SSSR count). The summed E-state index contributed by atoms with van der Waals surface area (Å²) < 4.78 is 1.69. The maximum atomic E-state index is 12.2. The summed E-state index contributed by atoms with van der Waals surface area (Å²) in [6.45, 7) is 0.555. The summed E-state index contributed by atoms with van der Waals surface area (Å²) in [6.07, 6.45) is 4.48. The Morgan fingerprint density at radius 3 is 2.64 bits per heavy atom. The molecule has 0 saturated heterocycles. The average molecular weight is 294 g/mol. The summed E-state index contributed by atoms with van der Waals surface area (Å²) in [4.78, 5) is 20.0. The number of amides is 1. The SMILES string of the molecule is Nc1nccnc1C(=O)Nc1ccnn1Cc1ccccc1. The molecule has 22 heavy (non-hydrogen) atoms. The van der Waals surface area contributed by atoms with Crippen LogP contribution in [0.5, 0.6) is 0 Å². The monoisotopic (exact) mass is 294 g/mol. The Balaban J connectivity index is 1.78. The maximum Gasteiger partial charge on any atom is 0.279 e. The Hall–Kier alpha value is -3.22. The zero-order chi connectivity index (χ0) is 15.4. The Bertz CT molecular complexity index is 783. The van der Waals surface area contributed by atoms with Gasteiger partial charge in [-0.2, -0.15) is 5.10 Å². The number of hydrogen-bond acceptors (Lipinski definition) is 5. The van der Waals surface area contributed by atoms with E-state index < -0.39 is 5.91 Å². The highest BCUT2D eigenvalue weighted by Crippen LogP contribution is 2.12. The third kappa shape index (κ3) is 2.93. The van der Waals surface area contributed by atoms with Crippen molar-refractivity contribution >= 4 is 17.5 Å². The molecule has 3 aromatic rings. The molecule has 0 radical (unpaired) electrons. The molecule has 1 aromatic carbocycles. The third-order valence-electron chi connectivity index (χ3n) is 3.07. The normalized spacial score (nSPS) is 10.4. The predicted molar refractivity (Wildman–Crippen MR) is 82.2 cm³/mol. The van der Waals surface area contributed by atoms with Gasteiger partial charge >= 0.3 is 0 Å². The molecular formula is C15H14N6O. The lowest BCUT2D eigenvalue weighted by molar-refractivity contribution is 0.102. The van der Waals surface area contributed by atoms with E-state index in [1.54, 1.807) is 16.9 Å². The van der Waals surface area contributed by atoms with Crippen molar-refractivity contribution in [3.8, 4) is 0 Å². The van der Waals surface area contributed by atoms with E-state index in [1.807, 2.05) is 30.3 Å². The highest BCUT2D eigenvalue weighted by molar-refractivity contribution is 6.05. The van der Waals surface area contributed by atoms with Crippen molar-refractivity contribution in [1.82, 2.24) is 19.7 Å². The molecule has 2 aromatic heterocycles. The Kier molecular flexibility index (Phi) is 3.78. The van der Waals surface area contributed by atoms with Gasteiger partial charge in [-0.3, -0.25) is 4.79 Å². The third-order valence-corrected chi connectivity index (χ3v) is 3.07. The van der Waals surface area contributed by atoms with Gasteiger partial charge in [-0.15, -0.1) is 0 Å². The molecule has 7 heteroatoms. The van der Waals surface area contributed by atoms with E-state index in [0.717, 1.165) is 5.56 Å². The molecule has 1 amide bonds. The quantitative estimate of drug-likeness (QED) is 0.760. The first-order valence-electron chi connectivity index (χ1n) is 6.67. The fraction of sp³-hybridized carbons (Fsp3) is 0.0667. The lowest BCUT2D eigenvalue weighted by Gasteiger charge is -2.09. The number of nitrogens with zero attached hydrogens (tertiary/aromatic N) is 4. The molecule has 7 nitrogen and oxygen atoms in total. The molecule has 0 fully saturated rings. The molecular weight excluding hydrogens is 280 g/mol. The van der Waals surface area contributed by atoms with Crippen LogP contribution in [-0.2, 0) is 6.54 Å². The van der Waals surface area contributed by atoms with Crippen LogP contribution in [0.2, 0.25) is 0 Å². The van der Waals surface area contributed by atoms with Gasteiger partial charge in [0.15, 0.2) is 11.5 Å². The number of aromatic nitrogens is 4. The van der Waals surface area contributed by atoms with Crippen molar-refractivity contribution in [2.45, 2.75) is 6.54 Å². The molecule has 2 heterocycles. The molecule has 0 spiro atoms. The largest absolute Gasteiger partial charge is 0.382 e. The van der Waals surface area contributed by atoms with Crippen molar-refractivity contribution in [3.63, 3.8) is 0 Å². The number of hydrogen-bond donors (Lipinski definition) is 2. The predicted octanol–water partition coefficient (Wildman–Crippen LogP) is 1.56. The standard InChI is InChI=1S/C15H14N6O/c16-14-13(17-8-9-18-14)15(22)20-12-6-7-19-21(12)10-11-4-2-1-3-5-11/h1-9H,10H2,(H2,16,18)(H,20,22). The van der Waals surface area contributed by atoms with Crippen molar-refractivity contribution in [2.75, 3.05) is 11.1 Å². The van der Waals surface area contributed by atoms with E-state index in [9.17, 15) is 4.79 Å². The molecule has 110 valence electrons. The van der Waals surface area contributed by atoms with E-state index in [-0.39, 0.29) is 11.5 Å². The summed E-state index contributed by atoms with van der Waals surface area (Å²) >= 11 is 0. The van der Waals surface area contributed by atoms with E-state index in [2.05, 4.69) is 20.4 Å². The van der Waals surface area contributed by atoms with Gasteiger partial charge in [-0.25, -0.2) is 14.6 Å². The van der Waals surface area contributed by atoms with Crippen LogP contribution in [0.3, 0.4) is 0 Å². The second-order valence-corrected chi connectivity index (χ2v) is 4.60. The first-order valence-corrected chi connectivity index (χ1v) is 6.67. The molecule has 0 aliphatic heterocycles. The summed E-state index contributed by atoms with van der Waals surface area (Å²) in [6, 6.07) is 11.6. The van der Waals surface area contributed by atoms with E-state index in [1.165, 1.54) is 12.4 Å². The van der Waals surface area contributed by atoms with Gasteiger partial charge in [-0.1, -0.05) is 30.3 Å². The minimum Gasteiger partial charge on any atom is -0.382 e. The van der Waals surface area contributed by atoms with Gasteiger partial charge in [-0.05, 0) is 5.56 Å². The summed E-state index contributed by atoms with van der Waals surface area (Å²) in [5.41, 5.74) is 6.83. The van der Waals surface area contributed by atoms with Crippen LogP contribution >= 0.6 is 0 Å². The van der Waals surface area contributed by atoms with Crippen LogP contribution in [-0.4, -0.2) is 25.7 Å². The molecule has 0 saturated carbocycles. The molecule has 0 aliphatic rings. The number of nitrogen functional groups attached to an aromatic ring is 1. The van der Waals surface area contributed by atoms with Gasteiger partial charge < -0.3 is 11.1 Å². The molecule has 0 unspecified atom stereocenters. The maximum absolute atomic E-state index is 12.2. The minimum absolute atomic E-state index is 0.0918. The Morgan fingerprint density at radius 1 is 1.09 bits per heavy atom. The second-order valence-electron chi connectivity index (χ2n) is 4.60. The van der Waals surface area contributed by atoms with Crippen LogP contribution < -0.4 is 11.1 Å². The van der Waals surface area contributed by atoms with Crippen molar-refractivity contribution in [2.24, 2.45) is 0 Å². The Labute approximate surface area is 126 Å². The highest BCUT2D eigenvalue weighted by Gasteiger charge is 2.14. The second kappa shape index (κ2) is 6.04. The average Bonchev–Trinajstić information content (AvgIpc) is 2.95. The van der Waals surface area contributed by atoms with Crippen molar-refractivity contribution in [1.29, 1.82) is 0 Å². The molecule has 0 atom stereocenters. The van der Waals surface area contributed by atoms with Crippen LogP contribution in [0.15, 0.2) is 55.0 Å². The minimum atomic E-state index is -0.416. The van der Waals surface area contributed by atoms with Crippen LogP contribution in [0.1, 0.15) is 16.1 Å². The zero-order valence-electron chi connectivity index (χ0n) is 11.7. The van der Waals surface area contributed by atoms with E-state index >= 15 is 0 Å². The van der Waals surface area contributed by atoms with Gasteiger partial charge in [0.05, 0.1) is 12.7 Å². The van der Waals surface area contributed by atoms with Crippen LogP contribution in [0.4, 0.5) is 11.6 Å². The Morgan fingerprint density at radius 2 is 1.86 bits per heavy atom. The van der Waals surface area contributed by atoms with Gasteiger partial charge in [0.2, 0.25) is 0 Å². The zero-order valence-corrected chi connectivity index (χ0v) is 11.7. The molecule has 3 N–H and O–H groups in total.